The largest absolute Gasteiger partial charge is 0.496 e. The van der Waals surface area contributed by atoms with Gasteiger partial charge in [-0.3, -0.25) is 14.9 Å². The number of esters is 1. The minimum atomic E-state index is -0.751. The van der Waals surface area contributed by atoms with Crippen molar-refractivity contribution >= 4 is 46.5 Å². The molecule has 0 unspecified atom stereocenters. The third-order valence-corrected chi connectivity index (χ3v) is 4.74. The predicted octanol–water partition coefficient (Wildman–Crippen LogP) is 4.98. The topological polar surface area (TPSA) is 108 Å². The average Bonchev–Trinajstić information content (AvgIpc) is 2.81. The Bertz CT molecular complexity index is 1210. The maximum Gasteiger partial charge on any atom is 0.339 e. The van der Waals surface area contributed by atoms with Crippen LogP contribution in [0.25, 0.3) is 11.6 Å². The van der Waals surface area contributed by atoms with E-state index in [1.165, 1.54) is 25.3 Å². The van der Waals surface area contributed by atoms with Crippen molar-refractivity contribution in [2.45, 2.75) is 0 Å². The van der Waals surface area contributed by atoms with Crippen molar-refractivity contribution in [3.8, 4) is 5.75 Å². The standard InChI is InChI=1S/C24H19ClN2O6/c1-32-22-10-6-5-9-17(22)13-19(16-7-3-2-4-8-16)24(29)33-15-23(28)26-20-14-18(25)11-12-21(20)27(30)31/h2-14H,15H2,1H3,(H,26,28). The van der Waals surface area contributed by atoms with Gasteiger partial charge in [-0.2, -0.15) is 0 Å². The van der Waals surface area contributed by atoms with Gasteiger partial charge in [0.15, 0.2) is 6.61 Å². The average molecular weight is 467 g/mol. The van der Waals surface area contributed by atoms with Crippen LogP contribution in [0.4, 0.5) is 11.4 Å². The number of methoxy groups -OCH3 is 1. The molecule has 1 N–H and O–H groups in total. The molecule has 33 heavy (non-hydrogen) atoms. The number of carbonyl (C=O) groups excluding carboxylic acids is 2. The first kappa shape index (κ1) is 23.5. The molecule has 0 radical (unpaired) electrons. The normalized spacial score (nSPS) is 10.9. The number of amides is 1. The third-order valence-electron chi connectivity index (χ3n) is 4.51. The number of rotatable bonds is 8. The van der Waals surface area contributed by atoms with Crippen molar-refractivity contribution in [1.82, 2.24) is 0 Å². The summed E-state index contributed by atoms with van der Waals surface area (Å²) in [5, 5.41) is 13.7. The van der Waals surface area contributed by atoms with Gasteiger partial charge >= 0.3 is 5.97 Å². The van der Waals surface area contributed by atoms with Crippen LogP contribution in [0, 0.1) is 10.1 Å². The van der Waals surface area contributed by atoms with Crippen molar-refractivity contribution in [3.63, 3.8) is 0 Å². The molecule has 0 saturated heterocycles. The number of benzene rings is 3. The lowest BCUT2D eigenvalue weighted by Gasteiger charge is -2.11. The molecule has 3 aromatic carbocycles. The van der Waals surface area contributed by atoms with Crippen molar-refractivity contribution in [3.05, 3.63) is 99.1 Å². The van der Waals surface area contributed by atoms with E-state index in [0.717, 1.165) is 0 Å². The lowest BCUT2D eigenvalue weighted by molar-refractivity contribution is -0.383. The number of halogens is 1. The van der Waals surface area contributed by atoms with Gasteiger partial charge in [0.2, 0.25) is 0 Å². The van der Waals surface area contributed by atoms with Gasteiger partial charge < -0.3 is 14.8 Å². The highest BCUT2D eigenvalue weighted by atomic mass is 35.5. The molecule has 0 atom stereocenters. The van der Waals surface area contributed by atoms with Crippen LogP contribution in [0.15, 0.2) is 72.8 Å². The number of nitro groups is 1. The number of hydrogen-bond donors (Lipinski definition) is 1. The molecule has 0 bridgehead atoms. The van der Waals surface area contributed by atoms with Gasteiger partial charge in [0.25, 0.3) is 11.6 Å². The van der Waals surface area contributed by atoms with Gasteiger partial charge in [-0.25, -0.2) is 4.79 Å². The molecule has 3 aromatic rings. The molecule has 0 aliphatic rings. The van der Waals surface area contributed by atoms with E-state index in [1.54, 1.807) is 60.7 Å². The second-order valence-electron chi connectivity index (χ2n) is 6.71. The summed E-state index contributed by atoms with van der Waals surface area (Å²) >= 11 is 5.87. The Morgan fingerprint density at radius 3 is 2.45 bits per heavy atom. The van der Waals surface area contributed by atoms with E-state index in [4.69, 9.17) is 21.1 Å². The summed E-state index contributed by atoms with van der Waals surface area (Å²) in [5.41, 5.74) is 1.01. The molecule has 8 nitrogen and oxygen atoms in total. The van der Waals surface area contributed by atoms with Crippen molar-refractivity contribution in [2.24, 2.45) is 0 Å². The van der Waals surface area contributed by atoms with Crippen molar-refractivity contribution in [1.29, 1.82) is 0 Å². The van der Waals surface area contributed by atoms with E-state index in [-0.39, 0.29) is 22.0 Å². The Morgan fingerprint density at radius 2 is 1.76 bits per heavy atom. The third kappa shape index (κ3) is 6.18. The summed E-state index contributed by atoms with van der Waals surface area (Å²) < 4.78 is 10.5. The number of anilines is 1. The molecular weight excluding hydrogens is 448 g/mol. The molecule has 3 rings (SSSR count). The van der Waals surface area contributed by atoms with Crippen LogP contribution < -0.4 is 10.1 Å². The van der Waals surface area contributed by atoms with Crippen LogP contribution >= 0.6 is 11.6 Å². The van der Waals surface area contributed by atoms with Gasteiger partial charge in [-0.1, -0.05) is 60.1 Å². The zero-order chi connectivity index (χ0) is 23.8. The zero-order valence-corrected chi connectivity index (χ0v) is 18.2. The predicted molar refractivity (Wildman–Crippen MR) is 125 cm³/mol. The number of para-hydroxylation sites is 1. The number of hydrogen-bond acceptors (Lipinski definition) is 6. The van der Waals surface area contributed by atoms with E-state index in [1.807, 2.05) is 0 Å². The Kier molecular flexibility index (Phi) is 7.77. The summed E-state index contributed by atoms with van der Waals surface area (Å²) in [6, 6.07) is 19.7. The van der Waals surface area contributed by atoms with Gasteiger partial charge in [0.1, 0.15) is 11.4 Å². The number of carbonyl (C=O) groups is 2. The van der Waals surface area contributed by atoms with E-state index >= 15 is 0 Å². The smallest absolute Gasteiger partial charge is 0.339 e. The Labute approximate surface area is 194 Å². The van der Waals surface area contributed by atoms with Gasteiger partial charge in [-0.15, -0.1) is 0 Å². The van der Waals surface area contributed by atoms with Crippen molar-refractivity contribution in [2.75, 3.05) is 19.0 Å². The molecule has 0 saturated carbocycles. The molecule has 0 aliphatic heterocycles. The molecule has 168 valence electrons. The lowest BCUT2D eigenvalue weighted by Crippen LogP contribution is -2.21. The lowest BCUT2D eigenvalue weighted by atomic mass is 10.0. The summed E-state index contributed by atoms with van der Waals surface area (Å²) in [4.78, 5) is 35.7. The Balaban J connectivity index is 1.80. The molecule has 0 fully saturated rings. The first-order valence-electron chi connectivity index (χ1n) is 9.70. The van der Waals surface area contributed by atoms with Gasteiger partial charge in [0, 0.05) is 16.7 Å². The summed E-state index contributed by atoms with van der Waals surface area (Å²) in [7, 11) is 1.52. The van der Waals surface area contributed by atoms with E-state index in [9.17, 15) is 19.7 Å². The van der Waals surface area contributed by atoms with E-state index in [0.29, 0.717) is 16.9 Å². The van der Waals surface area contributed by atoms with Crippen LogP contribution in [-0.4, -0.2) is 30.5 Å². The molecule has 1 amide bonds. The summed E-state index contributed by atoms with van der Waals surface area (Å²) in [6.45, 7) is -0.654. The quantitative estimate of drug-likeness (QED) is 0.165. The van der Waals surface area contributed by atoms with E-state index < -0.39 is 23.4 Å². The molecular formula is C24H19ClN2O6. The second kappa shape index (κ2) is 10.9. The van der Waals surface area contributed by atoms with Gasteiger partial charge in [0.05, 0.1) is 17.6 Å². The first-order valence-corrected chi connectivity index (χ1v) is 10.1. The molecule has 0 aromatic heterocycles. The Hall–Kier alpha value is -4.17. The summed E-state index contributed by atoms with van der Waals surface area (Å²) in [5.74, 6) is -0.939. The molecule has 0 aliphatic carbocycles. The minimum Gasteiger partial charge on any atom is -0.496 e. The maximum atomic E-state index is 12.9. The highest BCUT2D eigenvalue weighted by molar-refractivity contribution is 6.31. The van der Waals surface area contributed by atoms with Crippen LogP contribution in [0.2, 0.25) is 5.02 Å². The summed E-state index contributed by atoms with van der Waals surface area (Å²) in [6.07, 6.45) is 1.61. The van der Waals surface area contributed by atoms with Crippen molar-refractivity contribution < 1.29 is 24.0 Å². The fourth-order valence-electron chi connectivity index (χ4n) is 2.98. The maximum absolute atomic E-state index is 12.9. The van der Waals surface area contributed by atoms with Crippen LogP contribution in [0.5, 0.6) is 5.75 Å². The fraction of sp³-hybridized carbons (Fsp3) is 0.0833. The minimum absolute atomic E-state index is 0.0959. The number of nitro benzene ring substituents is 1. The van der Waals surface area contributed by atoms with Gasteiger partial charge in [-0.05, 0) is 29.8 Å². The number of ether oxygens (including phenoxy) is 2. The number of nitrogens with one attached hydrogen (secondary N) is 1. The first-order chi connectivity index (χ1) is 15.9. The van der Waals surface area contributed by atoms with Crippen LogP contribution in [-0.2, 0) is 14.3 Å². The molecule has 0 spiro atoms. The van der Waals surface area contributed by atoms with E-state index in [2.05, 4.69) is 5.32 Å². The highest BCUT2D eigenvalue weighted by Crippen LogP contribution is 2.28. The highest BCUT2D eigenvalue weighted by Gasteiger charge is 2.19. The molecule has 0 heterocycles. The number of nitrogens with zero attached hydrogens (tertiary/aromatic N) is 1. The van der Waals surface area contributed by atoms with Crippen LogP contribution in [0.1, 0.15) is 11.1 Å². The fourth-order valence-corrected chi connectivity index (χ4v) is 3.15. The Morgan fingerprint density at radius 1 is 1.06 bits per heavy atom. The second-order valence-corrected chi connectivity index (χ2v) is 7.15. The monoisotopic (exact) mass is 466 g/mol. The molecule has 9 heteroatoms. The van der Waals surface area contributed by atoms with Crippen LogP contribution in [0.3, 0.4) is 0 Å². The SMILES string of the molecule is COc1ccccc1C=C(C(=O)OCC(=O)Nc1cc(Cl)ccc1[N+](=O)[O-])c1ccccc1. The zero-order valence-electron chi connectivity index (χ0n) is 17.5.